The largest absolute Gasteiger partial charge is 0.390 e. The highest BCUT2D eigenvalue weighted by atomic mass is 19.1. The monoisotopic (exact) mass is 434 g/mol. The molecule has 31 heavy (non-hydrogen) atoms. The third-order valence-electron chi connectivity index (χ3n) is 9.19. The minimum atomic E-state index is -1.98. The number of hydrogen-bond donors (Lipinski definition) is 2. The summed E-state index contributed by atoms with van der Waals surface area (Å²) in [6.45, 7) is 6.41. The van der Waals surface area contributed by atoms with Crippen LogP contribution in [0.5, 0.6) is 0 Å². The van der Waals surface area contributed by atoms with E-state index in [-0.39, 0.29) is 18.1 Å². The predicted octanol–water partition coefficient (Wildman–Crippen LogP) is 2.42. The van der Waals surface area contributed by atoms with Gasteiger partial charge >= 0.3 is 0 Å². The Bertz CT molecular complexity index is 925. The summed E-state index contributed by atoms with van der Waals surface area (Å²) in [5, 5.41) is 21.2. The van der Waals surface area contributed by atoms with Crippen molar-refractivity contribution in [2.75, 3.05) is 6.61 Å². The zero-order valence-corrected chi connectivity index (χ0v) is 18.5. The lowest BCUT2D eigenvalue weighted by Crippen LogP contribution is -2.70. The zero-order valence-electron chi connectivity index (χ0n) is 18.5. The Morgan fingerprint density at radius 1 is 1.26 bits per heavy atom. The molecule has 0 aromatic carbocycles. The molecule has 0 bridgehead atoms. The first-order valence-corrected chi connectivity index (χ1v) is 11.2. The fraction of sp³-hybridized carbons (Fsp3) is 0.750. The van der Waals surface area contributed by atoms with E-state index in [1.807, 2.05) is 6.92 Å². The number of carbonyl (C=O) groups excluding carboxylic acids is 2. The minimum Gasteiger partial charge on any atom is -0.390 e. The smallest absolute Gasteiger partial charge is 0.193 e. The van der Waals surface area contributed by atoms with Gasteiger partial charge in [-0.1, -0.05) is 18.6 Å². The van der Waals surface area contributed by atoms with Gasteiger partial charge in [0.1, 0.15) is 6.61 Å². The topological polar surface area (TPSA) is 93.1 Å². The van der Waals surface area contributed by atoms with Crippen molar-refractivity contribution < 1.29 is 33.7 Å². The van der Waals surface area contributed by atoms with Crippen LogP contribution in [0.1, 0.15) is 53.4 Å². The van der Waals surface area contributed by atoms with Crippen LogP contribution in [0.25, 0.3) is 0 Å². The molecule has 2 N–H and O–H groups in total. The number of hydrogen-bond acceptors (Lipinski definition) is 6. The number of aliphatic hydroxyl groups is 2. The molecule has 5 rings (SSSR count). The number of allylic oxidation sites excluding steroid dienone is 4. The first-order chi connectivity index (χ1) is 14.4. The second kappa shape index (κ2) is 6.13. The van der Waals surface area contributed by atoms with Crippen molar-refractivity contribution in [3.63, 3.8) is 0 Å². The van der Waals surface area contributed by atoms with Gasteiger partial charge in [-0.15, -0.1) is 0 Å². The van der Waals surface area contributed by atoms with E-state index in [9.17, 15) is 19.8 Å². The van der Waals surface area contributed by atoms with Crippen LogP contribution >= 0.6 is 0 Å². The normalized spacial score (nSPS) is 52.1. The standard InChI is InChI=1S/C24H31FO6/c1-20(2)30-19-10-16-15-6-5-13-9-14(27)7-8-21(13,3)23(15,25)17(28)11-22(16,4)24(19,31-20)18(29)12-26/h7-9,15-17,19,26,28H,5-6,10-12H2,1-4H3/t15-,16-,17+,19+,21-,22-,23+,24-/m0/s1. The van der Waals surface area contributed by atoms with Gasteiger partial charge in [-0.2, -0.15) is 0 Å². The van der Waals surface area contributed by atoms with Gasteiger partial charge in [0, 0.05) is 16.7 Å². The Kier molecular flexibility index (Phi) is 4.24. The minimum absolute atomic E-state index is 0.0109. The fourth-order valence-corrected chi connectivity index (χ4v) is 7.93. The van der Waals surface area contributed by atoms with Crippen LogP contribution in [0.15, 0.2) is 23.8 Å². The van der Waals surface area contributed by atoms with E-state index in [0.717, 1.165) is 5.57 Å². The molecule has 8 atom stereocenters. The summed E-state index contributed by atoms with van der Waals surface area (Å²) in [7, 11) is 0. The Morgan fingerprint density at radius 2 is 1.97 bits per heavy atom. The summed E-state index contributed by atoms with van der Waals surface area (Å²) in [6, 6.07) is 0. The molecule has 0 amide bonds. The lowest BCUT2D eigenvalue weighted by atomic mass is 9.44. The molecule has 4 aliphatic carbocycles. The van der Waals surface area contributed by atoms with Crippen molar-refractivity contribution in [1.29, 1.82) is 0 Å². The maximum Gasteiger partial charge on any atom is 0.193 e. The van der Waals surface area contributed by atoms with Gasteiger partial charge in [0.25, 0.3) is 0 Å². The molecule has 1 aliphatic heterocycles. The van der Waals surface area contributed by atoms with Crippen molar-refractivity contribution in [1.82, 2.24) is 0 Å². The average Bonchev–Trinajstić information content (AvgIpc) is 3.09. The molecule has 7 heteroatoms. The van der Waals surface area contributed by atoms with Gasteiger partial charge in [0.15, 0.2) is 28.6 Å². The van der Waals surface area contributed by atoms with Crippen molar-refractivity contribution in [2.45, 2.75) is 82.6 Å². The van der Waals surface area contributed by atoms with Crippen molar-refractivity contribution in [2.24, 2.45) is 22.7 Å². The summed E-state index contributed by atoms with van der Waals surface area (Å²) < 4.78 is 29.5. The Morgan fingerprint density at radius 3 is 2.65 bits per heavy atom. The van der Waals surface area contributed by atoms with Crippen molar-refractivity contribution >= 4 is 11.6 Å². The molecule has 0 aromatic heterocycles. The maximum absolute atomic E-state index is 17.1. The summed E-state index contributed by atoms with van der Waals surface area (Å²) in [5.74, 6) is -2.46. The van der Waals surface area contributed by atoms with Gasteiger partial charge < -0.3 is 19.7 Å². The number of carbonyl (C=O) groups is 2. The number of Topliss-reactive ketones (excluding diaryl/α,β-unsaturated/α-hetero) is 1. The number of ketones is 2. The number of ether oxygens (including phenoxy) is 2. The lowest BCUT2D eigenvalue weighted by molar-refractivity contribution is -0.246. The van der Waals surface area contributed by atoms with Gasteiger partial charge in [-0.3, -0.25) is 9.59 Å². The molecule has 0 spiro atoms. The molecule has 1 heterocycles. The molecule has 0 aromatic rings. The van der Waals surface area contributed by atoms with E-state index >= 15 is 4.39 Å². The highest BCUT2D eigenvalue weighted by Crippen LogP contribution is 2.72. The second-order valence-electron chi connectivity index (χ2n) is 10.9. The molecular weight excluding hydrogens is 403 g/mol. The average molecular weight is 435 g/mol. The quantitative estimate of drug-likeness (QED) is 0.694. The first kappa shape index (κ1) is 21.4. The van der Waals surface area contributed by atoms with E-state index in [1.165, 1.54) is 12.2 Å². The van der Waals surface area contributed by atoms with Crippen molar-refractivity contribution in [3.05, 3.63) is 23.8 Å². The molecule has 1 saturated heterocycles. The van der Waals surface area contributed by atoms with E-state index < -0.39 is 58.4 Å². The van der Waals surface area contributed by atoms with E-state index in [2.05, 4.69) is 0 Å². The molecule has 4 fully saturated rings. The number of fused-ring (bicyclic) bond motifs is 7. The summed E-state index contributed by atoms with van der Waals surface area (Å²) in [6.07, 6.45) is 4.00. The van der Waals surface area contributed by atoms with Crippen LogP contribution in [-0.2, 0) is 19.1 Å². The molecular formula is C24H31FO6. The van der Waals surface area contributed by atoms with Crippen LogP contribution in [0.4, 0.5) is 4.39 Å². The number of halogens is 1. The van der Waals surface area contributed by atoms with E-state index in [1.54, 1.807) is 26.8 Å². The highest BCUT2D eigenvalue weighted by Gasteiger charge is 2.79. The molecule has 170 valence electrons. The van der Waals surface area contributed by atoms with Crippen molar-refractivity contribution in [3.8, 4) is 0 Å². The molecule has 6 nitrogen and oxygen atoms in total. The van der Waals surface area contributed by atoms with E-state index in [0.29, 0.717) is 19.3 Å². The van der Waals surface area contributed by atoms with Crippen LogP contribution in [-0.4, -0.2) is 57.7 Å². The molecule has 5 aliphatic rings. The predicted molar refractivity (Wildman–Crippen MR) is 109 cm³/mol. The summed E-state index contributed by atoms with van der Waals surface area (Å²) >= 11 is 0. The lowest BCUT2D eigenvalue weighted by Gasteiger charge is -2.62. The third-order valence-corrected chi connectivity index (χ3v) is 9.19. The number of aliphatic hydroxyl groups excluding tert-OH is 2. The van der Waals surface area contributed by atoms with Gasteiger partial charge in [0.05, 0.1) is 12.2 Å². The summed E-state index contributed by atoms with van der Waals surface area (Å²) in [5.41, 5.74) is -4.66. The molecule has 0 radical (unpaired) electrons. The number of rotatable bonds is 2. The van der Waals surface area contributed by atoms with Crippen LogP contribution in [0, 0.1) is 22.7 Å². The van der Waals surface area contributed by atoms with E-state index in [4.69, 9.17) is 9.47 Å². The summed E-state index contributed by atoms with van der Waals surface area (Å²) in [4.78, 5) is 25.1. The molecule has 3 saturated carbocycles. The third kappa shape index (κ3) is 2.31. The van der Waals surface area contributed by atoms with Crippen LogP contribution in [0.2, 0.25) is 0 Å². The van der Waals surface area contributed by atoms with Crippen LogP contribution in [0.3, 0.4) is 0 Å². The fourth-order valence-electron chi connectivity index (χ4n) is 7.93. The highest BCUT2D eigenvalue weighted by molar-refractivity contribution is 6.01. The Labute approximate surface area is 181 Å². The molecule has 0 unspecified atom stereocenters. The van der Waals surface area contributed by atoms with Gasteiger partial charge in [0.2, 0.25) is 0 Å². The second-order valence-corrected chi connectivity index (χ2v) is 10.9. The first-order valence-electron chi connectivity index (χ1n) is 11.2. The Hall–Kier alpha value is -1.41. The zero-order chi connectivity index (χ0) is 22.6. The maximum atomic E-state index is 17.1. The Balaban J connectivity index is 1.64. The number of alkyl halides is 1. The van der Waals surface area contributed by atoms with Crippen LogP contribution < -0.4 is 0 Å². The van der Waals surface area contributed by atoms with Gasteiger partial charge in [-0.25, -0.2) is 4.39 Å². The SMILES string of the molecule is CC1(C)O[C@@H]2C[C@H]3[C@@H]4CCC5=CC(=O)C=C[C@]5(C)[C@]4(F)[C@H](O)C[C@]3(C)[C@@]2(C(=O)CO)O1. The van der Waals surface area contributed by atoms with Gasteiger partial charge in [-0.05, 0) is 64.5 Å².